The van der Waals surface area contributed by atoms with Gasteiger partial charge in [0.15, 0.2) is 0 Å². The molecule has 0 bridgehead atoms. The van der Waals surface area contributed by atoms with Gasteiger partial charge in [-0.15, -0.1) is 0 Å². The van der Waals surface area contributed by atoms with E-state index in [0.717, 1.165) is 5.56 Å². The number of hydrogen-bond donors (Lipinski definition) is 0. The normalized spacial score (nSPS) is 17.8. The number of aryl methyl sites for hydroxylation is 1. The van der Waals surface area contributed by atoms with Crippen molar-refractivity contribution in [3.8, 4) is 17.0 Å². The van der Waals surface area contributed by atoms with Gasteiger partial charge in [0.25, 0.3) is 0 Å². The first-order valence-electron chi connectivity index (χ1n) is 12.6. The van der Waals surface area contributed by atoms with E-state index in [-0.39, 0.29) is 24.3 Å². The fraction of sp³-hybridized carbons (Fsp3) is 0.379. The zero-order valence-electron chi connectivity index (χ0n) is 22.7. The van der Waals surface area contributed by atoms with Crippen LogP contribution in [0.1, 0.15) is 66.2 Å². The highest BCUT2D eigenvalue weighted by molar-refractivity contribution is 5.74. The van der Waals surface area contributed by atoms with Gasteiger partial charge < -0.3 is 9.47 Å². The second kappa shape index (κ2) is 10.9. The minimum absolute atomic E-state index is 0.0227. The van der Waals surface area contributed by atoms with Crippen molar-refractivity contribution in [1.82, 2.24) is 9.88 Å². The number of hydrogen-bond acceptors (Lipinski definition) is 4. The highest BCUT2D eigenvalue weighted by Gasteiger charge is 2.43. The number of pyridine rings is 1. The van der Waals surface area contributed by atoms with Crippen LogP contribution in [-0.2, 0) is 23.6 Å². The fourth-order valence-electron chi connectivity index (χ4n) is 4.85. The molecule has 0 saturated carbocycles. The first-order chi connectivity index (χ1) is 19.0. The molecule has 0 radical (unpaired) electrons. The number of alkyl halides is 6. The molecule has 1 aliphatic heterocycles. The Morgan fingerprint density at radius 1 is 1.00 bits per heavy atom. The van der Waals surface area contributed by atoms with Crippen LogP contribution in [0.2, 0.25) is 0 Å². The molecule has 41 heavy (non-hydrogen) atoms. The largest absolute Gasteiger partial charge is 0.496 e. The number of carbonyl (C=O) groups is 1. The molecule has 2 aromatic carbocycles. The van der Waals surface area contributed by atoms with E-state index in [2.05, 4.69) is 4.98 Å². The number of amides is 1. The van der Waals surface area contributed by atoms with Gasteiger partial charge >= 0.3 is 18.4 Å². The van der Waals surface area contributed by atoms with Gasteiger partial charge in [-0.1, -0.05) is 19.9 Å². The summed E-state index contributed by atoms with van der Waals surface area (Å²) < 4.78 is 106. The van der Waals surface area contributed by atoms with Crippen molar-refractivity contribution in [2.24, 2.45) is 0 Å². The summed E-state index contributed by atoms with van der Waals surface area (Å²) in [5, 5.41) is 0. The van der Waals surface area contributed by atoms with E-state index in [1.54, 1.807) is 25.3 Å². The SMILES string of the molecule is COc1cc(F)c(C(C)C)cc1-c1ncc(C)cc1CN1C(=O)O[C@H](c2cc(C(F)(F)F)cc(C(F)(F)F)c2)[C@@H]1C. The van der Waals surface area contributed by atoms with E-state index in [9.17, 15) is 35.5 Å². The van der Waals surface area contributed by atoms with E-state index in [4.69, 9.17) is 9.47 Å². The quantitative estimate of drug-likeness (QED) is 0.273. The Bertz CT molecular complexity index is 1440. The Morgan fingerprint density at radius 2 is 1.61 bits per heavy atom. The summed E-state index contributed by atoms with van der Waals surface area (Å²) in [5.41, 5.74) is -0.981. The number of aromatic nitrogens is 1. The molecule has 3 aromatic rings. The van der Waals surface area contributed by atoms with Gasteiger partial charge in [0, 0.05) is 17.8 Å². The van der Waals surface area contributed by atoms with Gasteiger partial charge in [0.05, 0.1) is 36.5 Å². The average molecular weight is 585 g/mol. The summed E-state index contributed by atoms with van der Waals surface area (Å²) in [5.74, 6) is -0.437. The van der Waals surface area contributed by atoms with E-state index < -0.39 is 53.1 Å². The summed E-state index contributed by atoms with van der Waals surface area (Å²) >= 11 is 0. The predicted molar refractivity (Wildman–Crippen MR) is 136 cm³/mol. The van der Waals surface area contributed by atoms with Crippen LogP contribution in [0.5, 0.6) is 5.75 Å². The Labute approximate surface area is 231 Å². The molecule has 0 N–H and O–H groups in total. The van der Waals surface area contributed by atoms with Crippen molar-refractivity contribution in [3.63, 3.8) is 0 Å². The molecule has 5 nitrogen and oxygen atoms in total. The summed E-state index contributed by atoms with van der Waals surface area (Å²) in [6.45, 7) is 6.73. The summed E-state index contributed by atoms with van der Waals surface area (Å²) in [7, 11) is 1.37. The van der Waals surface area contributed by atoms with Gasteiger partial charge in [-0.25, -0.2) is 9.18 Å². The number of methoxy groups -OCH3 is 1. The van der Waals surface area contributed by atoms with Crippen molar-refractivity contribution >= 4 is 6.09 Å². The third-order valence-electron chi connectivity index (χ3n) is 6.97. The summed E-state index contributed by atoms with van der Waals surface area (Å²) in [6.07, 6.45) is -10.8. The van der Waals surface area contributed by atoms with Crippen LogP contribution >= 0.6 is 0 Å². The molecule has 0 unspecified atom stereocenters. The van der Waals surface area contributed by atoms with Crippen LogP contribution < -0.4 is 4.74 Å². The number of cyclic esters (lactones) is 1. The van der Waals surface area contributed by atoms with Crippen molar-refractivity contribution in [2.45, 2.75) is 64.7 Å². The molecule has 220 valence electrons. The highest BCUT2D eigenvalue weighted by atomic mass is 19.4. The molecule has 2 heterocycles. The lowest BCUT2D eigenvalue weighted by Crippen LogP contribution is -2.32. The standard InChI is InChI=1S/C29H27F7N2O3/c1-14(2)21-10-22(24(40-5)11-23(21)30)25-18(6-15(3)12-37-25)13-38-16(4)26(41-27(38)39)17-7-19(28(31,32)33)9-20(8-17)29(34,35)36/h6-12,14,16,26H,13H2,1-5H3/t16-,26-/m0/s1. The van der Waals surface area contributed by atoms with Gasteiger partial charge in [0.1, 0.15) is 17.7 Å². The van der Waals surface area contributed by atoms with E-state index in [1.807, 2.05) is 13.8 Å². The number of nitrogens with zero attached hydrogens (tertiary/aromatic N) is 2. The van der Waals surface area contributed by atoms with E-state index >= 15 is 0 Å². The summed E-state index contributed by atoms with van der Waals surface area (Å²) in [6, 6.07) is 4.78. The molecule has 2 atom stereocenters. The fourth-order valence-corrected chi connectivity index (χ4v) is 4.85. The lowest BCUT2D eigenvalue weighted by molar-refractivity contribution is -0.143. The van der Waals surface area contributed by atoms with E-state index in [0.29, 0.717) is 34.5 Å². The van der Waals surface area contributed by atoms with Crippen molar-refractivity contribution in [2.75, 3.05) is 7.11 Å². The second-order valence-corrected chi connectivity index (χ2v) is 10.3. The maximum atomic E-state index is 14.7. The summed E-state index contributed by atoms with van der Waals surface area (Å²) in [4.78, 5) is 18.7. The van der Waals surface area contributed by atoms with Gasteiger partial charge in [0.2, 0.25) is 0 Å². The Hall–Kier alpha value is -3.83. The lowest BCUT2D eigenvalue weighted by atomic mass is 9.95. The zero-order chi connectivity index (χ0) is 30.4. The van der Waals surface area contributed by atoms with Crippen LogP contribution in [0, 0.1) is 12.7 Å². The molecule has 1 saturated heterocycles. The van der Waals surface area contributed by atoms with Crippen LogP contribution in [0.25, 0.3) is 11.3 Å². The predicted octanol–water partition coefficient (Wildman–Crippen LogP) is 8.45. The molecule has 0 aliphatic carbocycles. The number of ether oxygens (including phenoxy) is 2. The third kappa shape index (κ3) is 6.11. The maximum absolute atomic E-state index is 14.7. The second-order valence-electron chi connectivity index (χ2n) is 10.3. The van der Waals surface area contributed by atoms with Crippen LogP contribution in [0.4, 0.5) is 35.5 Å². The number of halogens is 7. The molecule has 1 fully saturated rings. The smallest absolute Gasteiger partial charge is 0.416 e. The van der Waals surface area contributed by atoms with Crippen LogP contribution in [0.15, 0.2) is 42.6 Å². The van der Waals surface area contributed by atoms with Crippen LogP contribution in [-0.4, -0.2) is 29.1 Å². The first kappa shape index (κ1) is 30.1. The number of rotatable bonds is 6. The van der Waals surface area contributed by atoms with Crippen molar-refractivity contribution < 1.29 is 45.0 Å². The monoisotopic (exact) mass is 584 g/mol. The molecule has 0 spiro atoms. The average Bonchev–Trinajstić information content (AvgIpc) is 3.15. The molecule has 4 rings (SSSR count). The number of benzene rings is 2. The lowest BCUT2D eigenvalue weighted by Gasteiger charge is -2.24. The molecular weight excluding hydrogens is 557 g/mol. The highest BCUT2D eigenvalue weighted by Crippen LogP contribution is 2.42. The molecular formula is C29H27F7N2O3. The number of carbonyl (C=O) groups excluding carboxylic acids is 1. The molecule has 12 heteroatoms. The third-order valence-corrected chi connectivity index (χ3v) is 6.97. The maximum Gasteiger partial charge on any atom is 0.416 e. The topological polar surface area (TPSA) is 51.7 Å². The zero-order valence-corrected chi connectivity index (χ0v) is 22.7. The minimum atomic E-state index is -5.05. The molecule has 1 amide bonds. The van der Waals surface area contributed by atoms with Crippen LogP contribution in [0.3, 0.4) is 0 Å². The van der Waals surface area contributed by atoms with Gasteiger partial charge in [-0.3, -0.25) is 9.88 Å². The van der Waals surface area contributed by atoms with E-state index in [1.165, 1.54) is 25.0 Å². The molecule has 1 aromatic heterocycles. The van der Waals surface area contributed by atoms with Crippen molar-refractivity contribution in [1.29, 1.82) is 0 Å². The Morgan fingerprint density at radius 3 is 2.15 bits per heavy atom. The van der Waals surface area contributed by atoms with Crippen molar-refractivity contribution in [3.05, 3.63) is 81.8 Å². The Balaban J connectivity index is 1.75. The molecule has 1 aliphatic rings. The Kier molecular flexibility index (Phi) is 7.99. The minimum Gasteiger partial charge on any atom is -0.496 e. The first-order valence-corrected chi connectivity index (χ1v) is 12.6. The van der Waals surface area contributed by atoms with Gasteiger partial charge in [-0.2, -0.15) is 26.3 Å². The van der Waals surface area contributed by atoms with Gasteiger partial charge in [-0.05, 0) is 66.3 Å².